The van der Waals surface area contributed by atoms with Crippen LogP contribution in [0.15, 0.2) is 6.08 Å². The van der Waals surface area contributed by atoms with E-state index in [4.69, 9.17) is 0 Å². The molecule has 0 rings (SSSR count). The van der Waals surface area contributed by atoms with E-state index >= 15 is 0 Å². The maximum absolute atomic E-state index is 9.93. The molecule has 0 aromatic rings. The zero-order valence-corrected chi connectivity index (χ0v) is 7.40. The first kappa shape index (κ1) is 10.5. The molecule has 7 heavy (non-hydrogen) atoms. The molecule has 0 aromatic heterocycles. The molecule has 0 N–H and O–H groups in total. The monoisotopic (exact) mass is 172 g/mol. The standard InChI is InChI=1S/C5H7O.Y/c1-3-4-5(2)6;/h4H,1-2H3;/q-1;. The summed E-state index contributed by atoms with van der Waals surface area (Å²) >= 11 is 0. The van der Waals surface area contributed by atoms with Gasteiger partial charge in [0.1, 0.15) is 0 Å². The summed E-state index contributed by atoms with van der Waals surface area (Å²) in [5.41, 5.74) is 0. The Bertz CT molecular complexity index is 76.1. The first-order chi connectivity index (χ1) is 2.77. The summed E-state index contributed by atoms with van der Waals surface area (Å²) in [6.45, 7) is 3.19. The number of carbonyl (C=O) groups excluding carboxylic acids is 1. The van der Waals surface area contributed by atoms with Crippen LogP contribution in [0.25, 0.3) is 0 Å². The predicted octanol–water partition coefficient (Wildman–Crippen LogP) is 0.952. The average Bonchev–Trinajstić information content (AvgIpc) is 1.35. The summed E-state index contributed by atoms with van der Waals surface area (Å²) in [5, 5.41) is 0. The van der Waals surface area contributed by atoms with Gasteiger partial charge < -0.3 is 4.79 Å². The molecule has 0 unspecified atom stereocenters. The van der Waals surface area contributed by atoms with E-state index < -0.39 is 0 Å². The fraction of sp³-hybridized carbons (Fsp3) is 0.400. The average molecular weight is 172 g/mol. The van der Waals surface area contributed by atoms with Gasteiger partial charge in [-0.15, -0.1) is 6.92 Å². The third-order valence-corrected chi connectivity index (χ3v) is 0.348. The van der Waals surface area contributed by atoms with E-state index in [-0.39, 0.29) is 38.5 Å². The minimum Gasteiger partial charge on any atom is -0.407 e. The van der Waals surface area contributed by atoms with Crippen molar-refractivity contribution in [2.75, 3.05) is 0 Å². The summed E-state index contributed by atoms with van der Waals surface area (Å²) < 4.78 is 0. The normalized spacial score (nSPS) is 8.29. The summed E-state index contributed by atoms with van der Waals surface area (Å²) in [6, 6.07) is 0. The number of hydrogen-bond acceptors (Lipinski definition) is 1. The van der Waals surface area contributed by atoms with Gasteiger partial charge in [0.25, 0.3) is 0 Å². The van der Waals surface area contributed by atoms with Crippen molar-refractivity contribution < 1.29 is 37.5 Å². The van der Waals surface area contributed by atoms with Gasteiger partial charge in [0.2, 0.25) is 0 Å². The van der Waals surface area contributed by atoms with E-state index in [0.717, 1.165) is 0 Å². The minimum absolute atomic E-state index is 0. The van der Waals surface area contributed by atoms with Crippen molar-refractivity contribution >= 4 is 5.78 Å². The van der Waals surface area contributed by atoms with Crippen LogP contribution in [-0.2, 0) is 37.5 Å². The Balaban J connectivity index is 0. The molecule has 0 amide bonds. The molecule has 0 fully saturated rings. The molecule has 0 saturated carbocycles. The minimum atomic E-state index is 0. The topological polar surface area (TPSA) is 17.1 Å². The van der Waals surface area contributed by atoms with Gasteiger partial charge in [0.05, 0.1) is 0 Å². The largest absolute Gasteiger partial charge is 0.407 e. The SMILES string of the molecule is C[C-]=CC(C)=O.[Y]. The van der Waals surface area contributed by atoms with Gasteiger partial charge in [-0.25, -0.2) is 0 Å². The van der Waals surface area contributed by atoms with E-state index in [1.54, 1.807) is 6.92 Å². The quantitative estimate of drug-likeness (QED) is 0.425. The van der Waals surface area contributed by atoms with Crippen molar-refractivity contribution in [1.29, 1.82) is 0 Å². The molecule has 2 heteroatoms. The van der Waals surface area contributed by atoms with Crippen LogP contribution in [-0.4, -0.2) is 5.78 Å². The van der Waals surface area contributed by atoms with Crippen LogP contribution < -0.4 is 0 Å². The fourth-order valence-corrected chi connectivity index (χ4v) is 0.203. The van der Waals surface area contributed by atoms with Crippen molar-refractivity contribution in [2.45, 2.75) is 13.8 Å². The number of hydrogen-bond donors (Lipinski definition) is 0. The molecular formula is C5H7OY-. The fourth-order valence-electron chi connectivity index (χ4n) is 0.203. The molecule has 0 spiro atoms. The predicted molar refractivity (Wildman–Crippen MR) is 24.2 cm³/mol. The molecule has 0 aliphatic rings. The van der Waals surface area contributed by atoms with Crippen LogP contribution in [0.5, 0.6) is 0 Å². The molecule has 0 atom stereocenters. The summed E-state index contributed by atoms with van der Waals surface area (Å²) in [7, 11) is 0. The van der Waals surface area contributed by atoms with Gasteiger partial charge in [-0.1, -0.05) is 6.92 Å². The van der Waals surface area contributed by atoms with Gasteiger partial charge >= 0.3 is 0 Å². The van der Waals surface area contributed by atoms with E-state index in [1.807, 2.05) is 0 Å². The number of ketones is 1. The van der Waals surface area contributed by atoms with Crippen LogP contribution in [0.2, 0.25) is 0 Å². The summed E-state index contributed by atoms with van der Waals surface area (Å²) in [5.74, 6) is 0.0532. The zero-order valence-electron chi connectivity index (χ0n) is 4.56. The molecule has 0 bridgehead atoms. The molecule has 1 radical (unpaired) electrons. The number of rotatable bonds is 1. The molecule has 0 aromatic carbocycles. The molecule has 0 heterocycles. The Hall–Kier alpha value is 0.514. The maximum Gasteiger partial charge on any atom is 0 e. The van der Waals surface area contributed by atoms with Crippen LogP contribution in [0.1, 0.15) is 13.8 Å². The van der Waals surface area contributed by atoms with Gasteiger partial charge in [-0.2, -0.15) is 6.08 Å². The van der Waals surface area contributed by atoms with Gasteiger partial charge in [0, 0.05) is 32.7 Å². The second-order valence-corrected chi connectivity index (χ2v) is 1.04. The van der Waals surface area contributed by atoms with Gasteiger partial charge in [-0.3, -0.25) is 6.08 Å². The Morgan fingerprint density at radius 1 is 1.71 bits per heavy atom. The second kappa shape index (κ2) is 6.51. The Morgan fingerprint density at radius 3 is 2.14 bits per heavy atom. The van der Waals surface area contributed by atoms with Crippen molar-refractivity contribution in [3.05, 3.63) is 12.2 Å². The third kappa shape index (κ3) is 10.7. The van der Waals surface area contributed by atoms with E-state index in [2.05, 4.69) is 6.08 Å². The summed E-state index contributed by atoms with van der Waals surface area (Å²) in [6.07, 6.45) is 4.00. The number of carbonyl (C=O) groups is 1. The first-order valence-corrected chi connectivity index (χ1v) is 1.78. The second-order valence-electron chi connectivity index (χ2n) is 1.04. The maximum atomic E-state index is 9.93. The number of allylic oxidation sites excluding steroid dienone is 2. The van der Waals surface area contributed by atoms with E-state index in [0.29, 0.717) is 0 Å². The molecular weight excluding hydrogens is 165 g/mol. The van der Waals surface area contributed by atoms with Crippen molar-refractivity contribution in [3.8, 4) is 0 Å². The van der Waals surface area contributed by atoms with Gasteiger partial charge in [-0.05, 0) is 5.78 Å². The van der Waals surface area contributed by atoms with Crippen molar-refractivity contribution in [1.82, 2.24) is 0 Å². The van der Waals surface area contributed by atoms with Crippen LogP contribution in [0.3, 0.4) is 0 Å². The Kier molecular flexibility index (Phi) is 9.76. The van der Waals surface area contributed by atoms with Crippen molar-refractivity contribution in [2.24, 2.45) is 0 Å². The molecule has 0 saturated heterocycles. The molecule has 0 aliphatic heterocycles. The summed E-state index contributed by atoms with van der Waals surface area (Å²) in [4.78, 5) is 9.93. The third-order valence-electron chi connectivity index (χ3n) is 0.348. The first-order valence-electron chi connectivity index (χ1n) is 1.78. The smallest absolute Gasteiger partial charge is 0 e. The molecule has 1 nitrogen and oxygen atoms in total. The zero-order chi connectivity index (χ0) is 4.99. The van der Waals surface area contributed by atoms with Crippen LogP contribution in [0.4, 0.5) is 0 Å². The molecule has 0 aliphatic carbocycles. The van der Waals surface area contributed by atoms with Gasteiger partial charge in [0.15, 0.2) is 0 Å². The Labute approximate surface area is 69.1 Å². The van der Waals surface area contributed by atoms with Crippen LogP contribution >= 0.6 is 0 Å². The molecule has 37 valence electrons. The van der Waals surface area contributed by atoms with Crippen molar-refractivity contribution in [3.63, 3.8) is 0 Å². The Morgan fingerprint density at radius 2 is 2.14 bits per heavy atom. The van der Waals surface area contributed by atoms with E-state index in [9.17, 15) is 4.79 Å². The van der Waals surface area contributed by atoms with Crippen LogP contribution in [0, 0.1) is 6.08 Å². The van der Waals surface area contributed by atoms with E-state index in [1.165, 1.54) is 13.0 Å².